The van der Waals surface area contributed by atoms with Crippen LogP contribution in [0.5, 0.6) is 5.75 Å². The van der Waals surface area contributed by atoms with Gasteiger partial charge in [-0.1, -0.05) is 42.1 Å². The molecule has 3 aromatic rings. The van der Waals surface area contributed by atoms with Crippen molar-refractivity contribution in [2.75, 3.05) is 11.1 Å². The summed E-state index contributed by atoms with van der Waals surface area (Å²) in [6.45, 7) is 4.01. The summed E-state index contributed by atoms with van der Waals surface area (Å²) in [5, 5.41) is 3.30. The van der Waals surface area contributed by atoms with Gasteiger partial charge in [-0.25, -0.2) is 14.4 Å². The van der Waals surface area contributed by atoms with Crippen molar-refractivity contribution < 1.29 is 13.9 Å². The van der Waals surface area contributed by atoms with Crippen LogP contribution in [0.4, 0.5) is 10.1 Å². The molecule has 1 N–H and O–H groups in total. The molecule has 0 aliphatic heterocycles. The van der Waals surface area contributed by atoms with Crippen molar-refractivity contribution in [1.82, 2.24) is 9.97 Å². The molecule has 0 saturated carbocycles. The summed E-state index contributed by atoms with van der Waals surface area (Å²) >= 11 is 1.25. The first-order chi connectivity index (χ1) is 13.5. The van der Waals surface area contributed by atoms with Crippen molar-refractivity contribution >= 4 is 23.4 Å². The van der Waals surface area contributed by atoms with Crippen molar-refractivity contribution in [3.63, 3.8) is 0 Å². The van der Waals surface area contributed by atoms with Crippen LogP contribution in [0, 0.1) is 19.7 Å². The minimum absolute atomic E-state index is 0.0898. The van der Waals surface area contributed by atoms with Crippen molar-refractivity contribution in [1.29, 1.82) is 0 Å². The van der Waals surface area contributed by atoms with Crippen LogP contribution in [0.15, 0.2) is 59.8 Å². The molecule has 0 atom stereocenters. The molecule has 0 unspecified atom stereocenters. The van der Waals surface area contributed by atoms with Crippen LogP contribution in [0.2, 0.25) is 0 Å². The van der Waals surface area contributed by atoms with Gasteiger partial charge < -0.3 is 10.1 Å². The van der Waals surface area contributed by atoms with Crippen LogP contribution in [0.25, 0.3) is 0 Å². The molecule has 3 rings (SSSR count). The molecule has 5 nitrogen and oxygen atoms in total. The summed E-state index contributed by atoms with van der Waals surface area (Å²) in [5.41, 5.74) is 3.11. The minimum Gasteiger partial charge on any atom is -0.486 e. The fourth-order valence-electron chi connectivity index (χ4n) is 2.51. The zero-order valence-corrected chi connectivity index (χ0v) is 16.4. The van der Waals surface area contributed by atoms with Gasteiger partial charge in [0.15, 0.2) is 16.7 Å². The van der Waals surface area contributed by atoms with Crippen LogP contribution in [0.3, 0.4) is 0 Å². The molecule has 0 bridgehead atoms. The van der Waals surface area contributed by atoms with Crippen LogP contribution in [0.1, 0.15) is 17.0 Å². The van der Waals surface area contributed by atoms with Gasteiger partial charge in [-0.2, -0.15) is 0 Å². The number of aryl methyl sites for hydroxylation is 2. The molecule has 144 valence electrons. The molecule has 0 spiro atoms. The SMILES string of the molecule is Cc1cc(C)nc(SCC(=O)Nc2ccc(F)c(OCc3ccccc3)c2)n1. The molecule has 0 aliphatic carbocycles. The van der Waals surface area contributed by atoms with Gasteiger partial charge in [0.05, 0.1) is 5.75 Å². The van der Waals surface area contributed by atoms with E-state index in [9.17, 15) is 9.18 Å². The van der Waals surface area contributed by atoms with Gasteiger partial charge in [0, 0.05) is 23.1 Å². The maximum Gasteiger partial charge on any atom is 0.234 e. The summed E-state index contributed by atoms with van der Waals surface area (Å²) in [7, 11) is 0. The highest BCUT2D eigenvalue weighted by Crippen LogP contribution is 2.23. The summed E-state index contributed by atoms with van der Waals surface area (Å²) in [6.07, 6.45) is 0. The first-order valence-corrected chi connectivity index (χ1v) is 9.69. The van der Waals surface area contributed by atoms with E-state index in [4.69, 9.17) is 4.74 Å². The lowest BCUT2D eigenvalue weighted by atomic mass is 10.2. The second-order valence-corrected chi connectivity index (χ2v) is 7.13. The number of rotatable bonds is 7. The average Bonchev–Trinajstić information content (AvgIpc) is 2.67. The van der Waals surface area contributed by atoms with Crippen LogP contribution >= 0.6 is 11.8 Å². The molecule has 0 fully saturated rings. The predicted octanol–water partition coefficient (Wildman–Crippen LogP) is 4.54. The van der Waals surface area contributed by atoms with Gasteiger partial charge in [-0.15, -0.1) is 0 Å². The zero-order chi connectivity index (χ0) is 19.9. The number of nitrogens with one attached hydrogen (secondary N) is 1. The van der Waals surface area contributed by atoms with Gasteiger partial charge in [-0.3, -0.25) is 4.79 Å². The average molecular weight is 397 g/mol. The lowest BCUT2D eigenvalue weighted by molar-refractivity contribution is -0.113. The smallest absolute Gasteiger partial charge is 0.234 e. The van der Waals surface area contributed by atoms with E-state index in [1.807, 2.05) is 50.2 Å². The van der Waals surface area contributed by atoms with Crippen molar-refractivity contribution in [2.45, 2.75) is 25.6 Å². The molecule has 1 heterocycles. The Morgan fingerprint density at radius 3 is 2.50 bits per heavy atom. The van der Waals surface area contributed by atoms with Gasteiger partial charge in [0.2, 0.25) is 5.91 Å². The fraction of sp³-hybridized carbons (Fsp3) is 0.190. The first-order valence-electron chi connectivity index (χ1n) is 8.71. The second-order valence-electron chi connectivity index (χ2n) is 6.19. The maximum atomic E-state index is 14.0. The van der Waals surface area contributed by atoms with Gasteiger partial charge in [0.25, 0.3) is 0 Å². The number of hydrogen-bond donors (Lipinski definition) is 1. The van der Waals surface area contributed by atoms with E-state index in [0.717, 1.165) is 17.0 Å². The summed E-state index contributed by atoms with van der Waals surface area (Å²) in [6, 6.07) is 15.6. The standard InChI is InChI=1S/C21H20FN3O2S/c1-14-10-15(2)24-21(23-14)28-13-20(26)25-17-8-9-18(22)19(11-17)27-12-16-6-4-3-5-7-16/h3-11H,12-13H2,1-2H3,(H,25,26). The Bertz CT molecular complexity index is 947. The highest BCUT2D eigenvalue weighted by Gasteiger charge is 2.10. The number of carbonyl (C=O) groups excluding carboxylic acids is 1. The van der Waals surface area contributed by atoms with Crippen molar-refractivity contribution in [2.24, 2.45) is 0 Å². The van der Waals surface area contributed by atoms with E-state index in [1.54, 1.807) is 0 Å². The minimum atomic E-state index is -0.480. The normalized spacial score (nSPS) is 10.5. The highest BCUT2D eigenvalue weighted by molar-refractivity contribution is 7.99. The third-order valence-corrected chi connectivity index (χ3v) is 4.59. The first kappa shape index (κ1) is 19.8. The zero-order valence-electron chi connectivity index (χ0n) is 15.6. The molecule has 28 heavy (non-hydrogen) atoms. The van der Waals surface area contributed by atoms with Crippen LogP contribution < -0.4 is 10.1 Å². The van der Waals surface area contributed by atoms with Crippen molar-refractivity contribution in [3.05, 3.63) is 77.4 Å². The Hall–Kier alpha value is -2.93. The van der Waals surface area contributed by atoms with E-state index < -0.39 is 5.82 Å². The Morgan fingerprint density at radius 2 is 1.79 bits per heavy atom. The van der Waals surface area contributed by atoms with E-state index in [-0.39, 0.29) is 24.0 Å². The maximum absolute atomic E-state index is 14.0. The van der Waals surface area contributed by atoms with E-state index in [2.05, 4.69) is 15.3 Å². The number of nitrogens with zero attached hydrogens (tertiary/aromatic N) is 2. The van der Waals surface area contributed by atoms with E-state index in [0.29, 0.717) is 10.8 Å². The summed E-state index contributed by atoms with van der Waals surface area (Å²) < 4.78 is 19.5. The molecule has 1 amide bonds. The molecule has 1 aromatic heterocycles. The monoisotopic (exact) mass is 397 g/mol. The Morgan fingerprint density at radius 1 is 1.07 bits per heavy atom. The second kappa shape index (κ2) is 9.32. The van der Waals surface area contributed by atoms with Crippen LogP contribution in [-0.4, -0.2) is 21.6 Å². The Kier molecular flexibility index (Phi) is 6.60. The van der Waals surface area contributed by atoms with Crippen LogP contribution in [-0.2, 0) is 11.4 Å². The highest BCUT2D eigenvalue weighted by atomic mass is 32.2. The number of carbonyl (C=O) groups is 1. The van der Waals surface area contributed by atoms with Gasteiger partial charge in [0.1, 0.15) is 6.61 Å². The number of halogens is 1. The largest absolute Gasteiger partial charge is 0.486 e. The summed E-state index contributed by atoms with van der Waals surface area (Å²) in [5.74, 6) is -0.465. The third kappa shape index (κ3) is 5.79. The number of thioether (sulfide) groups is 1. The topological polar surface area (TPSA) is 64.1 Å². The number of aromatic nitrogens is 2. The molecule has 2 aromatic carbocycles. The van der Waals surface area contributed by atoms with E-state index in [1.165, 1.54) is 30.0 Å². The number of benzene rings is 2. The molecule has 7 heteroatoms. The van der Waals surface area contributed by atoms with Gasteiger partial charge >= 0.3 is 0 Å². The van der Waals surface area contributed by atoms with E-state index >= 15 is 0 Å². The Labute approximate surface area is 167 Å². The molecule has 0 radical (unpaired) electrons. The molecule has 0 saturated heterocycles. The predicted molar refractivity (Wildman–Crippen MR) is 108 cm³/mol. The quantitative estimate of drug-likeness (QED) is 0.468. The fourth-order valence-corrected chi connectivity index (χ4v) is 3.26. The molecular weight excluding hydrogens is 377 g/mol. The third-order valence-electron chi connectivity index (χ3n) is 3.75. The van der Waals surface area contributed by atoms with Gasteiger partial charge in [-0.05, 0) is 37.6 Å². The number of amides is 1. The van der Waals surface area contributed by atoms with Crippen molar-refractivity contribution in [3.8, 4) is 5.75 Å². The number of ether oxygens (including phenoxy) is 1. The number of hydrogen-bond acceptors (Lipinski definition) is 5. The Balaban J connectivity index is 1.58. The lowest BCUT2D eigenvalue weighted by Crippen LogP contribution is -2.14. The summed E-state index contributed by atoms with van der Waals surface area (Å²) in [4.78, 5) is 20.8. The lowest BCUT2D eigenvalue weighted by Gasteiger charge is -2.10. The number of anilines is 1. The molecule has 0 aliphatic rings. The molecular formula is C21H20FN3O2S.